The third kappa shape index (κ3) is 4.98. The second kappa shape index (κ2) is 8.58. The van der Waals surface area contributed by atoms with Gasteiger partial charge in [0, 0.05) is 5.56 Å². The molecule has 0 saturated carbocycles. The molecule has 0 fully saturated rings. The quantitative estimate of drug-likeness (QED) is 0.378. The first-order valence-electron chi connectivity index (χ1n) is 10.3. The lowest BCUT2D eigenvalue weighted by molar-refractivity contribution is -0.274. The van der Waals surface area contributed by atoms with Crippen molar-refractivity contribution in [2.75, 3.05) is 0 Å². The van der Waals surface area contributed by atoms with Crippen molar-refractivity contribution >= 4 is 11.6 Å². The second-order valence-corrected chi connectivity index (χ2v) is 7.72. The predicted molar refractivity (Wildman–Crippen MR) is 115 cm³/mol. The molecular weight excluding hydrogens is 404 g/mol. The number of fused-ring (bicyclic) bond motifs is 1. The fraction of sp³-hybridized carbons (Fsp3) is 0.231. The van der Waals surface area contributed by atoms with Crippen LogP contribution in [-0.4, -0.2) is 6.36 Å². The average molecular weight is 426 g/mol. The van der Waals surface area contributed by atoms with Gasteiger partial charge in [-0.3, -0.25) is 0 Å². The molecule has 0 unspecified atom stereocenters. The largest absolute Gasteiger partial charge is 0.573 e. The van der Waals surface area contributed by atoms with Crippen LogP contribution in [0.25, 0.3) is 22.8 Å². The van der Waals surface area contributed by atoms with Gasteiger partial charge in [0.15, 0.2) is 0 Å². The van der Waals surface area contributed by atoms with E-state index >= 15 is 0 Å². The highest BCUT2D eigenvalue weighted by Gasteiger charge is 2.31. The van der Waals surface area contributed by atoms with Gasteiger partial charge >= 0.3 is 6.36 Å². The summed E-state index contributed by atoms with van der Waals surface area (Å²) >= 11 is 0. The Kier molecular flexibility index (Phi) is 5.86. The van der Waals surface area contributed by atoms with Gasteiger partial charge in [0.1, 0.15) is 11.6 Å². The third-order valence-corrected chi connectivity index (χ3v) is 5.48. The van der Waals surface area contributed by atoms with E-state index in [1.54, 1.807) is 6.07 Å². The fourth-order valence-electron chi connectivity index (χ4n) is 3.97. The molecule has 3 aromatic rings. The smallest absolute Gasteiger partial charge is 0.406 e. The first kappa shape index (κ1) is 21.2. The van der Waals surface area contributed by atoms with E-state index in [1.165, 1.54) is 41.5 Å². The van der Waals surface area contributed by atoms with Gasteiger partial charge in [0.25, 0.3) is 0 Å². The lowest BCUT2D eigenvalue weighted by Gasteiger charge is -2.19. The molecule has 1 aliphatic carbocycles. The number of hydrogen-bond donors (Lipinski definition) is 0. The molecule has 1 aliphatic rings. The molecule has 0 bridgehead atoms. The zero-order valence-electron chi connectivity index (χ0n) is 17.1. The van der Waals surface area contributed by atoms with Gasteiger partial charge in [-0.1, -0.05) is 55.8 Å². The number of rotatable bonds is 5. The lowest BCUT2D eigenvalue weighted by atomic mass is 9.86. The molecule has 31 heavy (non-hydrogen) atoms. The molecule has 0 spiro atoms. The highest BCUT2D eigenvalue weighted by molar-refractivity contribution is 5.85. The standard InChI is InChI=1S/C26H22F4O/c1-2-3-17-4-6-18(7-5-17)20-8-9-21-15-24(25(27)16-22(21)14-20)19-10-12-23(13-11-19)31-26(28,29)30/h4-7,10-16H,2-3,8-9H2,1H3. The second-order valence-electron chi connectivity index (χ2n) is 7.72. The van der Waals surface area contributed by atoms with Crippen molar-refractivity contribution in [3.8, 4) is 16.9 Å². The summed E-state index contributed by atoms with van der Waals surface area (Å²) in [5.41, 5.74) is 6.39. The zero-order chi connectivity index (χ0) is 22.0. The summed E-state index contributed by atoms with van der Waals surface area (Å²) in [7, 11) is 0. The Morgan fingerprint density at radius 3 is 2.19 bits per heavy atom. The third-order valence-electron chi connectivity index (χ3n) is 5.48. The Morgan fingerprint density at radius 1 is 0.871 bits per heavy atom. The van der Waals surface area contributed by atoms with Crippen molar-refractivity contribution < 1.29 is 22.3 Å². The summed E-state index contributed by atoms with van der Waals surface area (Å²) in [6, 6.07) is 17.1. The van der Waals surface area contributed by atoms with Gasteiger partial charge in [-0.2, -0.15) is 0 Å². The first-order valence-corrected chi connectivity index (χ1v) is 10.3. The SMILES string of the molecule is CCCc1ccc(C2=Cc3cc(F)c(-c4ccc(OC(F)(F)F)cc4)cc3CC2)cc1. The number of aryl methyl sites for hydroxylation is 2. The van der Waals surface area contributed by atoms with Crippen LogP contribution in [0.1, 0.15) is 42.0 Å². The van der Waals surface area contributed by atoms with Crippen molar-refractivity contribution in [2.45, 2.75) is 39.0 Å². The summed E-state index contributed by atoms with van der Waals surface area (Å²) < 4.78 is 55.8. The minimum atomic E-state index is -4.75. The molecule has 4 rings (SSSR count). The summed E-state index contributed by atoms with van der Waals surface area (Å²) in [4.78, 5) is 0. The van der Waals surface area contributed by atoms with E-state index < -0.39 is 12.2 Å². The minimum absolute atomic E-state index is 0.327. The van der Waals surface area contributed by atoms with Crippen LogP contribution in [0.15, 0.2) is 60.7 Å². The van der Waals surface area contributed by atoms with Crippen molar-refractivity contribution in [2.24, 2.45) is 0 Å². The van der Waals surface area contributed by atoms with Crippen molar-refractivity contribution in [1.29, 1.82) is 0 Å². The number of ether oxygens (including phenoxy) is 1. The van der Waals surface area contributed by atoms with E-state index in [-0.39, 0.29) is 5.75 Å². The number of hydrogen-bond acceptors (Lipinski definition) is 1. The molecule has 0 N–H and O–H groups in total. The maximum atomic E-state index is 14.9. The van der Waals surface area contributed by atoms with Gasteiger partial charge in [0.2, 0.25) is 0 Å². The molecule has 0 amide bonds. The monoisotopic (exact) mass is 426 g/mol. The normalized spacial score (nSPS) is 13.5. The van der Waals surface area contributed by atoms with E-state index in [0.717, 1.165) is 42.4 Å². The summed E-state index contributed by atoms with van der Waals surface area (Å²) in [5, 5.41) is 0. The molecule has 0 saturated heterocycles. The molecular formula is C26H22F4O. The molecule has 1 nitrogen and oxygen atoms in total. The lowest BCUT2D eigenvalue weighted by Crippen LogP contribution is -2.16. The van der Waals surface area contributed by atoms with Crippen molar-refractivity contribution in [3.05, 3.63) is 88.7 Å². The molecule has 0 aliphatic heterocycles. The van der Waals surface area contributed by atoms with Gasteiger partial charge < -0.3 is 4.74 Å². The van der Waals surface area contributed by atoms with E-state index in [1.807, 2.05) is 6.08 Å². The van der Waals surface area contributed by atoms with Crippen LogP contribution in [-0.2, 0) is 12.8 Å². The molecule has 3 aromatic carbocycles. The molecule has 0 heterocycles. The topological polar surface area (TPSA) is 9.23 Å². The van der Waals surface area contributed by atoms with Gasteiger partial charge in [-0.15, -0.1) is 13.2 Å². The van der Waals surface area contributed by atoms with Crippen LogP contribution in [0.4, 0.5) is 17.6 Å². The highest BCUT2D eigenvalue weighted by atomic mass is 19.4. The van der Waals surface area contributed by atoms with Crippen molar-refractivity contribution in [1.82, 2.24) is 0 Å². The van der Waals surface area contributed by atoms with Crippen molar-refractivity contribution in [3.63, 3.8) is 0 Å². The Hall–Kier alpha value is -3.08. The molecule has 0 radical (unpaired) electrons. The van der Waals surface area contributed by atoms with Crippen LogP contribution < -0.4 is 4.74 Å². The maximum absolute atomic E-state index is 14.9. The number of allylic oxidation sites excluding steroid dienone is 1. The van der Waals surface area contributed by atoms with Crippen LogP contribution in [0.2, 0.25) is 0 Å². The van der Waals surface area contributed by atoms with Gasteiger partial charge in [-0.05, 0) is 76.9 Å². The van der Waals surface area contributed by atoms with E-state index in [4.69, 9.17) is 0 Å². The average Bonchev–Trinajstić information content (AvgIpc) is 2.73. The number of halogens is 4. The Labute approximate surface area is 179 Å². The minimum Gasteiger partial charge on any atom is -0.406 e. The van der Waals surface area contributed by atoms with E-state index in [2.05, 4.69) is 35.9 Å². The summed E-state index contributed by atoms with van der Waals surface area (Å²) in [6.45, 7) is 2.15. The molecule has 160 valence electrons. The van der Waals surface area contributed by atoms with Crippen LogP contribution >= 0.6 is 0 Å². The summed E-state index contributed by atoms with van der Waals surface area (Å²) in [6.07, 6.45) is 1.07. The Morgan fingerprint density at radius 2 is 1.55 bits per heavy atom. The predicted octanol–water partition coefficient (Wildman–Crippen LogP) is 7.83. The first-order chi connectivity index (χ1) is 14.8. The number of alkyl halides is 3. The van der Waals surface area contributed by atoms with Gasteiger partial charge in [0.05, 0.1) is 0 Å². The maximum Gasteiger partial charge on any atom is 0.573 e. The van der Waals surface area contributed by atoms with Crippen LogP contribution in [0, 0.1) is 5.82 Å². The van der Waals surface area contributed by atoms with Crippen LogP contribution in [0.3, 0.4) is 0 Å². The molecule has 5 heteroatoms. The molecule has 0 aromatic heterocycles. The zero-order valence-corrected chi connectivity index (χ0v) is 17.1. The number of benzene rings is 3. The molecule has 0 atom stereocenters. The van der Waals surface area contributed by atoms with E-state index in [0.29, 0.717) is 11.1 Å². The van der Waals surface area contributed by atoms with Crippen LogP contribution in [0.5, 0.6) is 5.75 Å². The highest BCUT2D eigenvalue weighted by Crippen LogP contribution is 2.35. The summed E-state index contributed by atoms with van der Waals surface area (Å²) in [5.74, 6) is -0.730. The van der Waals surface area contributed by atoms with E-state index in [9.17, 15) is 17.6 Å². The van der Waals surface area contributed by atoms with Gasteiger partial charge in [-0.25, -0.2) is 4.39 Å². The fourth-order valence-corrected chi connectivity index (χ4v) is 3.97. The Balaban J connectivity index is 1.59. The Bertz CT molecular complexity index is 1090.